The first-order chi connectivity index (χ1) is 12.8. The zero-order valence-corrected chi connectivity index (χ0v) is 17.5. The number of thioether (sulfide) groups is 1. The summed E-state index contributed by atoms with van der Waals surface area (Å²) in [5, 5.41) is 0.988. The topological polar surface area (TPSA) is 49.7 Å². The highest BCUT2D eigenvalue weighted by molar-refractivity contribution is 8.15. The van der Waals surface area contributed by atoms with Gasteiger partial charge in [-0.3, -0.25) is 4.99 Å². The molecule has 0 unspecified atom stereocenters. The van der Waals surface area contributed by atoms with Crippen LogP contribution in [-0.4, -0.2) is 36.4 Å². The molecule has 0 radical (unpaired) electrons. The van der Waals surface area contributed by atoms with E-state index < -0.39 is 9.84 Å². The average molecular weight is 401 g/mol. The standard InChI is InChI=1S/C21H24N2O2S2/c1-14-5-4-6-17(8-14)11-23(18-9-15(2)7-16(3)10-18)21-22-19-12-27(24,25)13-20(19)26-21/h4-10,19-20H,11-13H2,1-3H3/t19-,20+/m1/s1. The molecule has 2 aromatic rings. The average Bonchev–Trinajstić information content (AvgIpc) is 3.05. The molecule has 2 atom stereocenters. The van der Waals surface area contributed by atoms with E-state index in [-0.39, 0.29) is 22.8 Å². The second kappa shape index (κ2) is 6.99. The second-order valence-electron chi connectivity index (χ2n) is 7.63. The van der Waals surface area contributed by atoms with Crippen molar-refractivity contribution < 1.29 is 8.42 Å². The van der Waals surface area contributed by atoms with Gasteiger partial charge in [0.05, 0.1) is 24.1 Å². The molecule has 0 amide bonds. The fourth-order valence-corrected chi connectivity index (χ4v) is 7.62. The van der Waals surface area contributed by atoms with Crippen molar-refractivity contribution in [3.63, 3.8) is 0 Å². The van der Waals surface area contributed by atoms with Crippen molar-refractivity contribution >= 4 is 32.5 Å². The Hall–Kier alpha value is -1.79. The first-order valence-electron chi connectivity index (χ1n) is 9.15. The van der Waals surface area contributed by atoms with Crippen LogP contribution >= 0.6 is 11.8 Å². The quantitative estimate of drug-likeness (QED) is 0.784. The molecule has 27 heavy (non-hydrogen) atoms. The van der Waals surface area contributed by atoms with Crippen LogP contribution in [0.3, 0.4) is 0 Å². The predicted octanol–water partition coefficient (Wildman–Crippen LogP) is 3.89. The molecule has 4 nitrogen and oxygen atoms in total. The van der Waals surface area contributed by atoms with E-state index in [1.807, 2.05) is 0 Å². The number of aliphatic imine (C=N–C) groups is 1. The van der Waals surface area contributed by atoms with E-state index in [1.54, 1.807) is 11.8 Å². The van der Waals surface area contributed by atoms with Gasteiger partial charge in [-0.2, -0.15) is 0 Å². The largest absolute Gasteiger partial charge is 0.317 e. The minimum atomic E-state index is -2.94. The van der Waals surface area contributed by atoms with Crippen LogP contribution in [-0.2, 0) is 16.4 Å². The molecule has 2 aliphatic rings. The summed E-state index contributed by atoms with van der Waals surface area (Å²) < 4.78 is 23.8. The summed E-state index contributed by atoms with van der Waals surface area (Å²) in [6, 6.07) is 14.9. The summed E-state index contributed by atoms with van der Waals surface area (Å²) >= 11 is 1.62. The van der Waals surface area contributed by atoms with Gasteiger partial charge in [-0.05, 0) is 49.6 Å². The summed E-state index contributed by atoms with van der Waals surface area (Å²) in [4.78, 5) is 7.07. The molecule has 1 saturated heterocycles. The van der Waals surface area contributed by atoms with Gasteiger partial charge in [0.2, 0.25) is 0 Å². The number of fused-ring (bicyclic) bond motifs is 1. The van der Waals surface area contributed by atoms with Crippen molar-refractivity contribution in [2.45, 2.75) is 38.6 Å². The van der Waals surface area contributed by atoms with Gasteiger partial charge >= 0.3 is 0 Å². The number of nitrogens with zero attached hydrogens (tertiary/aromatic N) is 2. The predicted molar refractivity (Wildman–Crippen MR) is 115 cm³/mol. The molecular weight excluding hydrogens is 376 g/mol. The molecule has 0 aliphatic carbocycles. The van der Waals surface area contributed by atoms with E-state index in [1.165, 1.54) is 22.3 Å². The lowest BCUT2D eigenvalue weighted by atomic mass is 10.1. The molecule has 2 heterocycles. The monoisotopic (exact) mass is 400 g/mol. The molecule has 0 saturated carbocycles. The van der Waals surface area contributed by atoms with Crippen LogP contribution in [0.15, 0.2) is 47.5 Å². The normalized spacial score (nSPS) is 23.1. The molecule has 1 fully saturated rings. The highest BCUT2D eigenvalue weighted by Crippen LogP contribution is 2.37. The van der Waals surface area contributed by atoms with Crippen LogP contribution in [0.1, 0.15) is 22.3 Å². The molecule has 0 spiro atoms. The van der Waals surface area contributed by atoms with Crippen LogP contribution in [0.4, 0.5) is 5.69 Å². The molecule has 6 heteroatoms. The van der Waals surface area contributed by atoms with Gasteiger partial charge in [0, 0.05) is 10.9 Å². The van der Waals surface area contributed by atoms with Gasteiger partial charge in [0.15, 0.2) is 15.0 Å². The second-order valence-corrected chi connectivity index (χ2v) is 11.0. The number of benzene rings is 2. The molecule has 4 rings (SSSR count). The highest BCUT2D eigenvalue weighted by atomic mass is 32.2. The Morgan fingerprint density at radius 3 is 2.44 bits per heavy atom. The minimum Gasteiger partial charge on any atom is -0.317 e. The Morgan fingerprint density at radius 2 is 1.78 bits per heavy atom. The summed E-state index contributed by atoms with van der Waals surface area (Å²) in [5.41, 5.74) is 6.00. The van der Waals surface area contributed by atoms with Crippen LogP contribution in [0.5, 0.6) is 0 Å². The summed E-state index contributed by atoms with van der Waals surface area (Å²) in [7, 11) is -2.94. The zero-order chi connectivity index (χ0) is 19.2. The fourth-order valence-electron chi connectivity index (χ4n) is 3.84. The maximum Gasteiger partial charge on any atom is 0.164 e. The zero-order valence-electron chi connectivity index (χ0n) is 15.8. The molecular formula is C21H24N2O2S2. The minimum absolute atomic E-state index is 0.0518. The maximum absolute atomic E-state index is 11.9. The van der Waals surface area contributed by atoms with E-state index in [2.05, 4.69) is 68.1 Å². The van der Waals surface area contributed by atoms with Crippen molar-refractivity contribution in [3.8, 4) is 0 Å². The summed E-state index contributed by atoms with van der Waals surface area (Å²) in [6.45, 7) is 7.03. The molecule has 142 valence electrons. The fraction of sp³-hybridized carbons (Fsp3) is 0.381. The van der Waals surface area contributed by atoms with Crippen molar-refractivity contribution in [1.29, 1.82) is 0 Å². The molecule has 2 aromatic carbocycles. The van der Waals surface area contributed by atoms with Crippen LogP contribution in [0, 0.1) is 20.8 Å². The third-order valence-corrected chi connectivity index (χ3v) is 8.22. The number of aryl methyl sites for hydroxylation is 3. The van der Waals surface area contributed by atoms with E-state index in [9.17, 15) is 8.42 Å². The maximum atomic E-state index is 11.9. The lowest BCUT2D eigenvalue weighted by Gasteiger charge is -2.26. The SMILES string of the molecule is Cc1cccc(CN(C2=N[C@@H]3CS(=O)(=O)C[C@@H]3S2)c2cc(C)cc(C)c2)c1. The lowest BCUT2D eigenvalue weighted by Crippen LogP contribution is -2.28. The number of amidine groups is 1. The first kappa shape index (κ1) is 18.6. The van der Waals surface area contributed by atoms with Crippen molar-refractivity contribution in [2.75, 3.05) is 16.4 Å². The van der Waals surface area contributed by atoms with Gasteiger partial charge in [0.25, 0.3) is 0 Å². The van der Waals surface area contributed by atoms with Gasteiger partial charge < -0.3 is 4.90 Å². The Balaban J connectivity index is 1.70. The molecule has 2 aliphatic heterocycles. The number of anilines is 1. The van der Waals surface area contributed by atoms with Gasteiger partial charge in [-0.25, -0.2) is 8.42 Å². The van der Waals surface area contributed by atoms with Crippen molar-refractivity contribution in [1.82, 2.24) is 0 Å². The number of hydrogen-bond donors (Lipinski definition) is 0. The number of rotatable bonds is 3. The Bertz CT molecular complexity index is 994. The Kier molecular flexibility index (Phi) is 4.80. The third-order valence-electron chi connectivity index (χ3n) is 4.98. The van der Waals surface area contributed by atoms with Crippen LogP contribution < -0.4 is 4.90 Å². The Labute approximate surface area is 165 Å². The first-order valence-corrected chi connectivity index (χ1v) is 11.9. The Morgan fingerprint density at radius 1 is 1.04 bits per heavy atom. The van der Waals surface area contributed by atoms with Gasteiger partial charge in [0.1, 0.15) is 0 Å². The summed E-state index contributed by atoms with van der Waals surface area (Å²) in [5.74, 6) is 0.416. The van der Waals surface area contributed by atoms with Crippen LogP contribution in [0.2, 0.25) is 0 Å². The third kappa shape index (κ3) is 4.06. The molecule has 0 N–H and O–H groups in total. The van der Waals surface area contributed by atoms with E-state index in [0.29, 0.717) is 0 Å². The van der Waals surface area contributed by atoms with Gasteiger partial charge in [-0.15, -0.1) is 0 Å². The number of sulfone groups is 1. The lowest BCUT2D eigenvalue weighted by molar-refractivity contribution is 0.601. The van der Waals surface area contributed by atoms with Crippen molar-refractivity contribution in [2.24, 2.45) is 4.99 Å². The van der Waals surface area contributed by atoms with E-state index in [0.717, 1.165) is 17.4 Å². The van der Waals surface area contributed by atoms with Crippen molar-refractivity contribution in [3.05, 3.63) is 64.7 Å². The van der Waals surface area contributed by atoms with Crippen LogP contribution in [0.25, 0.3) is 0 Å². The molecule has 0 aromatic heterocycles. The smallest absolute Gasteiger partial charge is 0.164 e. The molecule has 0 bridgehead atoms. The van der Waals surface area contributed by atoms with Gasteiger partial charge in [-0.1, -0.05) is 47.7 Å². The highest BCUT2D eigenvalue weighted by Gasteiger charge is 2.44. The number of hydrogen-bond acceptors (Lipinski definition) is 5. The van der Waals surface area contributed by atoms with E-state index in [4.69, 9.17) is 4.99 Å². The summed E-state index contributed by atoms with van der Waals surface area (Å²) in [6.07, 6.45) is 0. The van der Waals surface area contributed by atoms with E-state index >= 15 is 0 Å².